The van der Waals surface area contributed by atoms with Crippen LogP contribution in [0.4, 0.5) is 18.9 Å². The second-order valence-corrected chi connectivity index (χ2v) is 8.28. The van der Waals surface area contributed by atoms with Crippen molar-refractivity contribution < 1.29 is 31.1 Å². The normalized spacial score (nSPS) is 11.9. The molecule has 0 unspecified atom stereocenters. The number of benzene rings is 2. The van der Waals surface area contributed by atoms with Crippen molar-refractivity contribution in [2.75, 3.05) is 25.7 Å². The van der Waals surface area contributed by atoms with E-state index < -0.39 is 27.7 Å². The summed E-state index contributed by atoms with van der Waals surface area (Å²) in [5.74, 6) is -0.831. The Kier molecular flexibility index (Phi) is 7.63. The van der Waals surface area contributed by atoms with Crippen LogP contribution < -0.4 is 15.6 Å². The number of ether oxygens (including phenoxy) is 1. The highest BCUT2D eigenvalue weighted by Crippen LogP contribution is 2.34. The van der Waals surface area contributed by atoms with E-state index in [0.29, 0.717) is 0 Å². The average molecular weight is 496 g/mol. The molecule has 0 saturated carbocycles. The van der Waals surface area contributed by atoms with E-state index in [1.807, 2.05) is 0 Å². The topological polar surface area (TPSA) is 96.5 Å². The molecule has 3 N–H and O–H groups in total. The molecule has 0 radical (unpaired) electrons. The Morgan fingerprint density at radius 3 is 2.52 bits per heavy atom. The molecule has 1 amide bonds. The summed E-state index contributed by atoms with van der Waals surface area (Å²) in [5.41, 5.74) is 2.97. The van der Waals surface area contributed by atoms with Gasteiger partial charge in [-0.2, -0.15) is 13.2 Å². The number of amides is 1. The summed E-state index contributed by atoms with van der Waals surface area (Å²) < 4.78 is 71.0. The van der Waals surface area contributed by atoms with E-state index in [1.165, 1.54) is 31.4 Å². The van der Waals surface area contributed by atoms with Crippen molar-refractivity contribution in [2.24, 2.45) is 0 Å². The Bertz CT molecular complexity index is 984. The number of alkyl halides is 3. The standard InChI is InChI=1S/C17H17BrF3N3O4S/c1-28-9-8-22-29(26,27)11-6-7-14(18)12(10-11)16(25)24-23-15-5-3-2-4-13(15)17(19,20)21/h2-7,10,22-23H,8-9H2,1H3,(H,24,25). The third kappa shape index (κ3) is 6.16. The lowest BCUT2D eigenvalue weighted by atomic mass is 10.2. The lowest BCUT2D eigenvalue weighted by Crippen LogP contribution is -2.31. The summed E-state index contributed by atoms with van der Waals surface area (Å²) in [6, 6.07) is 8.34. The first-order chi connectivity index (χ1) is 13.6. The highest BCUT2D eigenvalue weighted by molar-refractivity contribution is 9.10. The van der Waals surface area contributed by atoms with Crippen LogP contribution in [0, 0.1) is 0 Å². The third-order valence-electron chi connectivity index (χ3n) is 3.63. The minimum atomic E-state index is -4.61. The van der Waals surface area contributed by atoms with Crippen LogP contribution in [-0.4, -0.2) is 34.6 Å². The first-order valence-electron chi connectivity index (χ1n) is 8.07. The third-order valence-corrected chi connectivity index (χ3v) is 5.78. The number of para-hydroxylation sites is 1. The Balaban J connectivity index is 2.20. The zero-order chi connectivity index (χ0) is 21.7. The van der Waals surface area contributed by atoms with Gasteiger partial charge in [0.1, 0.15) is 0 Å². The molecule has 29 heavy (non-hydrogen) atoms. The molecule has 0 spiro atoms. The van der Waals surface area contributed by atoms with Crippen molar-refractivity contribution in [3.8, 4) is 0 Å². The molecule has 0 aromatic heterocycles. The monoisotopic (exact) mass is 495 g/mol. The van der Waals surface area contributed by atoms with Gasteiger partial charge in [-0.25, -0.2) is 13.1 Å². The van der Waals surface area contributed by atoms with Crippen LogP contribution in [-0.2, 0) is 20.9 Å². The first-order valence-corrected chi connectivity index (χ1v) is 10.3. The van der Waals surface area contributed by atoms with Gasteiger partial charge in [0.2, 0.25) is 10.0 Å². The fourth-order valence-electron chi connectivity index (χ4n) is 2.24. The Labute approximate surface area is 173 Å². The number of methoxy groups -OCH3 is 1. The Morgan fingerprint density at radius 1 is 1.17 bits per heavy atom. The molecule has 7 nitrogen and oxygen atoms in total. The number of hydrogen-bond donors (Lipinski definition) is 3. The van der Waals surface area contributed by atoms with Gasteiger partial charge in [-0.1, -0.05) is 12.1 Å². The molecule has 2 rings (SSSR count). The van der Waals surface area contributed by atoms with Gasteiger partial charge < -0.3 is 4.74 Å². The molecule has 0 fully saturated rings. The lowest BCUT2D eigenvalue weighted by Gasteiger charge is -2.15. The van der Waals surface area contributed by atoms with Crippen LogP contribution in [0.2, 0.25) is 0 Å². The van der Waals surface area contributed by atoms with E-state index >= 15 is 0 Å². The van der Waals surface area contributed by atoms with Crippen LogP contribution >= 0.6 is 15.9 Å². The van der Waals surface area contributed by atoms with Gasteiger partial charge >= 0.3 is 6.18 Å². The maximum Gasteiger partial charge on any atom is 0.418 e. The Hall–Kier alpha value is -2.15. The van der Waals surface area contributed by atoms with Crippen molar-refractivity contribution in [1.82, 2.24) is 10.1 Å². The van der Waals surface area contributed by atoms with Gasteiger partial charge in [0.25, 0.3) is 5.91 Å². The number of hydrazine groups is 1. The van der Waals surface area contributed by atoms with Crippen molar-refractivity contribution in [1.29, 1.82) is 0 Å². The van der Waals surface area contributed by atoms with E-state index in [2.05, 4.69) is 31.5 Å². The maximum absolute atomic E-state index is 13.0. The van der Waals surface area contributed by atoms with Gasteiger partial charge in [-0.15, -0.1) is 0 Å². The van der Waals surface area contributed by atoms with E-state index in [1.54, 1.807) is 0 Å². The quantitative estimate of drug-likeness (QED) is 0.386. The first kappa shape index (κ1) is 23.1. The minimum Gasteiger partial charge on any atom is -0.383 e. The van der Waals surface area contributed by atoms with Gasteiger partial charge in [-0.05, 0) is 46.3 Å². The summed E-state index contributed by atoms with van der Waals surface area (Å²) in [6.07, 6.45) is -4.61. The number of hydrogen-bond acceptors (Lipinski definition) is 5. The van der Waals surface area contributed by atoms with Crippen molar-refractivity contribution in [3.05, 3.63) is 58.1 Å². The number of anilines is 1. The number of nitrogens with one attached hydrogen (secondary N) is 3. The van der Waals surface area contributed by atoms with Crippen LogP contribution in [0.5, 0.6) is 0 Å². The molecule has 0 saturated heterocycles. The van der Waals surface area contributed by atoms with E-state index in [0.717, 1.165) is 18.2 Å². The molecule has 0 bridgehead atoms. The Morgan fingerprint density at radius 2 is 1.86 bits per heavy atom. The summed E-state index contributed by atoms with van der Waals surface area (Å²) >= 11 is 3.13. The molecule has 0 aliphatic rings. The average Bonchev–Trinajstić information content (AvgIpc) is 2.66. The predicted molar refractivity (Wildman–Crippen MR) is 104 cm³/mol. The van der Waals surface area contributed by atoms with Gasteiger partial charge in [0.15, 0.2) is 0 Å². The SMILES string of the molecule is COCCNS(=O)(=O)c1ccc(Br)c(C(=O)NNc2ccccc2C(F)(F)F)c1. The van der Waals surface area contributed by atoms with E-state index in [-0.39, 0.29) is 33.8 Å². The lowest BCUT2D eigenvalue weighted by molar-refractivity contribution is -0.137. The zero-order valence-corrected chi connectivity index (χ0v) is 17.4. The van der Waals surface area contributed by atoms with Crippen molar-refractivity contribution in [3.63, 3.8) is 0 Å². The molecule has 158 valence electrons. The molecular formula is C17H17BrF3N3O4S. The number of halogens is 4. The van der Waals surface area contributed by atoms with Gasteiger partial charge in [0, 0.05) is 18.1 Å². The largest absolute Gasteiger partial charge is 0.418 e. The van der Waals surface area contributed by atoms with Gasteiger partial charge in [0.05, 0.1) is 28.3 Å². The minimum absolute atomic E-state index is 0.0339. The number of rotatable bonds is 8. The molecular weight excluding hydrogens is 479 g/mol. The summed E-state index contributed by atoms with van der Waals surface area (Å²) in [5, 5.41) is 0. The summed E-state index contributed by atoms with van der Waals surface area (Å²) in [6.45, 7) is 0.192. The predicted octanol–water partition coefficient (Wildman–Crippen LogP) is 3.15. The van der Waals surface area contributed by atoms with Crippen molar-refractivity contribution in [2.45, 2.75) is 11.1 Å². The smallest absolute Gasteiger partial charge is 0.383 e. The number of carbonyl (C=O) groups excluding carboxylic acids is 1. The second-order valence-electron chi connectivity index (χ2n) is 5.65. The number of sulfonamides is 1. The van der Waals surface area contributed by atoms with Crippen LogP contribution in [0.25, 0.3) is 0 Å². The number of carbonyl (C=O) groups is 1. The van der Waals surface area contributed by atoms with E-state index in [4.69, 9.17) is 4.74 Å². The summed E-state index contributed by atoms with van der Waals surface area (Å²) in [7, 11) is -2.48. The highest BCUT2D eigenvalue weighted by Gasteiger charge is 2.33. The highest BCUT2D eigenvalue weighted by atomic mass is 79.9. The molecule has 2 aromatic rings. The fourth-order valence-corrected chi connectivity index (χ4v) is 3.70. The van der Waals surface area contributed by atoms with Crippen LogP contribution in [0.3, 0.4) is 0 Å². The van der Waals surface area contributed by atoms with Crippen LogP contribution in [0.1, 0.15) is 15.9 Å². The molecule has 0 heterocycles. The maximum atomic E-state index is 13.0. The molecule has 0 atom stereocenters. The fraction of sp³-hybridized carbons (Fsp3) is 0.235. The molecule has 0 aliphatic heterocycles. The summed E-state index contributed by atoms with van der Waals surface area (Å²) in [4.78, 5) is 12.2. The zero-order valence-electron chi connectivity index (χ0n) is 15.0. The molecule has 2 aromatic carbocycles. The van der Waals surface area contributed by atoms with Gasteiger partial charge in [-0.3, -0.25) is 15.6 Å². The van der Waals surface area contributed by atoms with E-state index in [9.17, 15) is 26.4 Å². The van der Waals surface area contributed by atoms with Crippen molar-refractivity contribution >= 4 is 37.5 Å². The second kappa shape index (κ2) is 9.57. The molecule has 0 aliphatic carbocycles. The molecule has 12 heteroatoms. The van der Waals surface area contributed by atoms with Crippen LogP contribution in [0.15, 0.2) is 51.8 Å².